The molecular formula is C22H25NO3. The van der Waals surface area contributed by atoms with Crippen LogP contribution < -0.4 is 0 Å². The SMILES string of the molecule is CC1CC(C)CN(C(=O)COC(=O)c2ccc3c4c(cccc24)CC3)C1. The Morgan fingerprint density at radius 2 is 1.73 bits per heavy atom. The zero-order chi connectivity index (χ0) is 18.3. The lowest BCUT2D eigenvalue weighted by Gasteiger charge is -2.34. The molecule has 4 heteroatoms. The highest BCUT2D eigenvalue weighted by molar-refractivity contribution is 6.07. The number of ether oxygens (including phenoxy) is 1. The van der Waals surface area contributed by atoms with Gasteiger partial charge in [0.15, 0.2) is 6.61 Å². The average Bonchev–Trinajstić information content (AvgIpc) is 3.04. The Bertz CT molecular complexity index is 853. The van der Waals surface area contributed by atoms with E-state index in [2.05, 4.69) is 19.9 Å². The molecule has 0 saturated carbocycles. The van der Waals surface area contributed by atoms with Crippen molar-refractivity contribution < 1.29 is 14.3 Å². The smallest absolute Gasteiger partial charge is 0.339 e. The van der Waals surface area contributed by atoms with E-state index in [1.807, 2.05) is 29.2 Å². The molecule has 1 aliphatic carbocycles. The van der Waals surface area contributed by atoms with Gasteiger partial charge in [0.05, 0.1) is 5.56 Å². The lowest BCUT2D eigenvalue weighted by atomic mass is 9.92. The molecule has 0 bridgehead atoms. The van der Waals surface area contributed by atoms with Crippen LogP contribution in [-0.4, -0.2) is 36.5 Å². The van der Waals surface area contributed by atoms with Crippen molar-refractivity contribution in [2.45, 2.75) is 33.1 Å². The molecule has 1 heterocycles. The number of rotatable bonds is 3. The summed E-state index contributed by atoms with van der Waals surface area (Å²) in [7, 11) is 0. The molecule has 2 aromatic carbocycles. The molecule has 1 saturated heterocycles. The number of hydrogen-bond acceptors (Lipinski definition) is 3. The molecule has 0 N–H and O–H groups in total. The van der Waals surface area contributed by atoms with E-state index in [0.717, 1.165) is 37.7 Å². The number of piperidine rings is 1. The average molecular weight is 351 g/mol. The van der Waals surface area contributed by atoms with Crippen LogP contribution in [0.3, 0.4) is 0 Å². The molecule has 0 radical (unpaired) electrons. The van der Waals surface area contributed by atoms with Crippen LogP contribution in [-0.2, 0) is 22.4 Å². The molecule has 2 aromatic rings. The van der Waals surface area contributed by atoms with E-state index >= 15 is 0 Å². The first-order valence-electron chi connectivity index (χ1n) is 9.51. The number of carbonyl (C=O) groups excluding carboxylic acids is 2. The van der Waals surface area contributed by atoms with Gasteiger partial charge in [-0.2, -0.15) is 0 Å². The molecule has 0 aromatic heterocycles. The van der Waals surface area contributed by atoms with E-state index in [0.29, 0.717) is 17.4 Å². The molecule has 2 atom stereocenters. The quantitative estimate of drug-likeness (QED) is 0.794. The van der Waals surface area contributed by atoms with E-state index in [1.165, 1.54) is 16.5 Å². The third-order valence-corrected chi connectivity index (χ3v) is 5.65. The van der Waals surface area contributed by atoms with Gasteiger partial charge >= 0.3 is 5.97 Å². The number of hydrogen-bond donors (Lipinski definition) is 0. The van der Waals surface area contributed by atoms with Crippen molar-refractivity contribution in [1.82, 2.24) is 4.90 Å². The molecular weight excluding hydrogens is 326 g/mol. The number of amides is 1. The molecule has 4 rings (SSSR count). The van der Waals surface area contributed by atoms with Crippen LogP contribution >= 0.6 is 0 Å². The molecule has 4 nitrogen and oxygen atoms in total. The minimum atomic E-state index is -0.410. The molecule has 136 valence electrons. The maximum Gasteiger partial charge on any atom is 0.339 e. The number of esters is 1. The van der Waals surface area contributed by atoms with Crippen LogP contribution in [0.2, 0.25) is 0 Å². The van der Waals surface area contributed by atoms with Gasteiger partial charge in [0.2, 0.25) is 0 Å². The molecule has 2 aliphatic rings. The van der Waals surface area contributed by atoms with Crippen LogP contribution in [0.15, 0.2) is 30.3 Å². The zero-order valence-electron chi connectivity index (χ0n) is 15.5. The van der Waals surface area contributed by atoms with E-state index in [-0.39, 0.29) is 12.5 Å². The third-order valence-electron chi connectivity index (χ3n) is 5.65. The van der Waals surface area contributed by atoms with Crippen LogP contribution in [0.5, 0.6) is 0 Å². The summed E-state index contributed by atoms with van der Waals surface area (Å²) in [6.07, 6.45) is 3.19. The number of nitrogens with zero attached hydrogens (tertiary/aromatic N) is 1. The monoisotopic (exact) mass is 351 g/mol. The van der Waals surface area contributed by atoms with Gasteiger partial charge in [0, 0.05) is 13.1 Å². The molecule has 2 unspecified atom stereocenters. The van der Waals surface area contributed by atoms with E-state index in [9.17, 15) is 9.59 Å². The highest BCUT2D eigenvalue weighted by Crippen LogP contribution is 2.33. The summed E-state index contributed by atoms with van der Waals surface area (Å²) in [6.45, 7) is 5.65. The summed E-state index contributed by atoms with van der Waals surface area (Å²) < 4.78 is 5.39. The largest absolute Gasteiger partial charge is 0.452 e. The molecule has 1 aliphatic heterocycles. The van der Waals surface area contributed by atoms with Gasteiger partial charge in [-0.25, -0.2) is 4.79 Å². The Morgan fingerprint density at radius 3 is 2.46 bits per heavy atom. The lowest BCUT2D eigenvalue weighted by Crippen LogP contribution is -2.44. The van der Waals surface area contributed by atoms with Gasteiger partial charge in [-0.3, -0.25) is 4.79 Å². The van der Waals surface area contributed by atoms with Gasteiger partial charge < -0.3 is 9.64 Å². The fourth-order valence-electron chi connectivity index (χ4n) is 4.59. The highest BCUT2D eigenvalue weighted by Gasteiger charge is 2.26. The summed E-state index contributed by atoms with van der Waals surface area (Å²) in [5.74, 6) is 0.486. The molecule has 26 heavy (non-hydrogen) atoms. The maximum atomic E-state index is 12.6. The Kier molecular flexibility index (Phi) is 4.43. The highest BCUT2D eigenvalue weighted by atomic mass is 16.5. The number of carbonyl (C=O) groups is 2. The second-order valence-electron chi connectivity index (χ2n) is 7.93. The number of aryl methyl sites for hydroxylation is 2. The minimum absolute atomic E-state index is 0.0947. The van der Waals surface area contributed by atoms with Crippen LogP contribution in [0.4, 0.5) is 0 Å². The van der Waals surface area contributed by atoms with Crippen molar-refractivity contribution >= 4 is 22.6 Å². The second kappa shape index (κ2) is 6.75. The predicted octanol–water partition coefficient (Wildman–Crippen LogP) is 3.60. The summed E-state index contributed by atoms with van der Waals surface area (Å²) in [6, 6.07) is 9.94. The predicted molar refractivity (Wildman–Crippen MR) is 101 cm³/mol. The van der Waals surface area contributed by atoms with E-state index in [4.69, 9.17) is 4.74 Å². The van der Waals surface area contributed by atoms with Crippen molar-refractivity contribution in [2.75, 3.05) is 19.7 Å². The Balaban J connectivity index is 1.48. The summed E-state index contributed by atoms with van der Waals surface area (Å²) in [4.78, 5) is 26.9. The first-order chi connectivity index (χ1) is 12.5. The van der Waals surface area contributed by atoms with Crippen molar-refractivity contribution in [1.29, 1.82) is 0 Å². The summed E-state index contributed by atoms with van der Waals surface area (Å²) in [5.41, 5.74) is 3.14. The van der Waals surface area contributed by atoms with Gasteiger partial charge in [0.25, 0.3) is 5.91 Å². The lowest BCUT2D eigenvalue weighted by molar-refractivity contribution is -0.137. The van der Waals surface area contributed by atoms with Crippen LogP contribution in [0.1, 0.15) is 41.8 Å². The van der Waals surface area contributed by atoms with Crippen molar-refractivity contribution in [3.63, 3.8) is 0 Å². The second-order valence-corrected chi connectivity index (χ2v) is 7.93. The Labute approximate surface area is 154 Å². The normalized spacial score (nSPS) is 21.8. The molecule has 0 spiro atoms. The number of likely N-dealkylation sites (tertiary alicyclic amines) is 1. The Morgan fingerprint density at radius 1 is 1.04 bits per heavy atom. The molecule has 1 amide bonds. The standard InChI is InChI=1S/C22H25NO3/c1-14-10-15(2)12-23(11-14)20(24)13-26-22(25)19-9-8-17-7-6-16-4-3-5-18(19)21(16)17/h3-5,8-9,14-15H,6-7,10-13H2,1-2H3. The minimum Gasteiger partial charge on any atom is -0.452 e. The van der Waals surface area contributed by atoms with Crippen molar-refractivity contribution in [3.05, 3.63) is 47.0 Å². The van der Waals surface area contributed by atoms with Crippen LogP contribution in [0.25, 0.3) is 10.8 Å². The fraction of sp³-hybridized carbons (Fsp3) is 0.455. The van der Waals surface area contributed by atoms with Gasteiger partial charge in [0.1, 0.15) is 0 Å². The third kappa shape index (κ3) is 3.09. The number of benzene rings is 2. The van der Waals surface area contributed by atoms with E-state index < -0.39 is 5.97 Å². The van der Waals surface area contributed by atoms with E-state index in [1.54, 1.807) is 0 Å². The first kappa shape index (κ1) is 17.1. The fourth-order valence-corrected chi connectivity index (χ4v) is 4.59. The van der Waals surface area contributed by atoms with Gasteiger partial charge in [-0.05, 0) is 59.1 Å². The first-order valence-corrected chi connectivity index (χ1v) is 9.51. The zero-order valence-corrected chi connectivity index (χ0v) is 15.5. The van der Waals surface area contributed by atoms with Crippen molar-refractivity contribution in [3.8, 4) is 0 Å². The maximum absolute atomic E-state index is 12.6. The van der Waals surface area contributed by atoms with Gasteiger partial charge in [-0.1, -0.05) is 38.1 Å². The molecule has 1 fully saturated rings. The summed E-state index contributed by atoms with van der Waals surface area (Å²) >= 11 is 0. The Hall–Kier alpha value is -2.36. The summed E-state index contributed by atoms with van der Waals surface area (Å²) in [5, 5.41) is 2.13. The van der Waals surface area contributed by atoms with Gasteiger partial charge in [-0.15, -0.1) is 0 Å². The van der Waals surface area contributed by atoms with Crippen molar-refractivity contribution in [2.24, 2.45) is 11.8 Å². The topological polar surface area (TPSA) is 46.6 Å². The van der Waals surface area contributed by atoms with Crippen LogP contribution in [0, 0.1) is 11.8 Å².